The largest absolute Gasteiger partial charge is 0.303 e. The summed E-state index contributed by atoms with van der Waals surface area (Å²) < 4.78 is 0. The van der Waals surface area contributed by atoms with Gasteiger partial charge in [0, 0.05) is 6.42 Å². The van der Waals surface area contributed by atoms with Gasteiger partial charge in [-0.3, -0.25) is 0 Å². The third-order valence-electron chi connectivity index (χ3n) is 1.99. The van der Waals surface area contributed by atoms with Crippen molar-refractivity contribution in [1.29, 1.82) is 0 Å². The number of aldehydes is 1. The summed E-state index contributed by atoms with van der Waals surface area (Å²) in [6.07, 6.45) is 9.07. The SMILES string of the molecule is O=CCC1CC[CH]CC1. The van der Waals surface area contributed by atoms with E-state index in [9.17, 15) is 4.79 Å². The summed E-state index contributed by atoms with van der Waals surface area (Å²) in [5.41, 5.74) is 0. The van der Waals surface area contributed by atoms with Crippen LogP contribution < -0.4 is 0 Å². The summed E-state index contributed by atoms with van der Waals surface area (Å²) in [7, 11) is 0. The zero-order valence-electron chi connectivity index (χ0n) is 5.68. The lowest BCUT2D eigenvalue weighted by Crippen LogP contribution is -2.06. The molecule has 0 atom stereocenters. The van der Waals surface area contributed by atoms with Crippen LogP contribution in [0.1, 0.15) is 32.1 Å². The molecule has 1 nitrogen and oxygen atoms in total. The second-order valence-electron chi connectivity index (χ2n) is 2.71. The van der Waals surface area contributed by atoms with Crippen LogP contribution in [0.3, 0.4) is 0 Å². The lowest BCUT2D eigenvalue weighted by atomic mass is 9.87. The molecule has 1 heteroatoms. The van der Waals surface area contributed by atoms with Crippen LogP contribution in [0.4, 0.5) is 0 Å². The van der Waals surface area contributed by atoms with Gasteiger partial charge < -0.3 is 4.79 Å². The van der Waals surface area contributed by atoms with Gasteiger partial charge in [0.1, 0.15) is 6.29 Å². The Bertz CT molecular complexity index is 82.6. The van der Waals surface area contributed by atoms with E-state index in [4.69, 9.17) is 0 Å². The number of carbonyl (C=O) groups excluding carboxylic acids is 1. The molecular weight excluding hydrogens is 112 g/mol. The van der Waals surface area contributed by atoms with Gasteiger partial charge in [-0.15, -0.1) is 0 Å². The molecule has 51 valence electrons. The molecule has 0 aliphatic heterocycles. The standard InChI is InChI=1S/C8H13O/c9-7-6-8-4-2-1-3-5-8/h1,7-8H,2-6H2. The van der Waals surface area contributed by atoms with Crippen LogP contribution in [-0.2, 0) is 4.79 Å². The van der Waals surface area contributed by atoms with E-state index in [2.05, 4.69) is 6.42 Å². The van der Waals surface area contributed by atoms with E-state index in [1.807, 2.05) is 0 Å². The average molecular weight is 125 g/mol. The number of carbonyl (C=O) groups is 1. The van der Waals surface area contributed by atoms with Crippen molar-refractivity contribution in [1.82, 2.24) is 0 Å². The Kier molecular flexibility index (Phi) is 2.75. The molecule has 0 saturated heterocycles. The minimum Gasteiger partial charge on any atom is -0.303 e. The van der Waals surface area contributed by atoms with E-state index in [1.165, 1.54) is 25.7 Å². The lowest BCUT2D eigenvalue weighted by molar-refractivity contribution is -0.108. The fourth-order valence-electron chi connectivity index (χ4n) is 1.37. The molecule has 1 radical (unpaired) electrons. The first-order chi connectivity index (χ1) is 4.43. The molecule has 0 bridgehead atoms. The Morgan fingerprint density at radius 1 is 1.44 bits per heavy atom. The van der Waals surface area contributed by atoms with Crippen LogP contribution in [-0.4, -0.2) is 6.29 Å². The lowest BCUT2D eigenvalue weighted by Gasteiger charge is -2.18. The topological polar surface area (TPSA) is 17.1 Å². The van der Waals surface area contributed by atoms with Crippen LogP contribution in [0.15, 0.2) is 0 Å². The van der Waals surface area contributed by atoms with Crippen molar-refractivity contribution >= 4 is 6.29 Å². The molecule has 0 aromatic heterocycles. The molecule has 0 spiro atoms. The third-order valence-corrected chi connectivity index (χ3v) is 1.99. The van der Waals surface area contributed by atoms with Crippen LogP contribution in [0.2, 0.25) is 0 Å². The Morgan fingerprint density at radius 2 is 2.11 bits per heavy atom. The molecule has 0 amide bonds. The van der Waals surface area contributed by atoms with E-state index in [0.29, 0.717) is 5.92 Å². The maximum absolute atomic E-state index is 10.1. The van der Waals surface area contributed by atoms with E-state index in [0.717, 1.165) is 12.7 Å². The van der Waals surface area contributed by atoms with Crippen molar-refractivity contribution < 1.29 is 4.79 Å². The maximum Gasteiger partial charge on any atom is 0.120 e. The molecule has 0 aromatic rings. The normalized spacial score (nSPS) is 21.8. The van der Waals surface area contributed by atoms with Crippen molar-refractivity contribution in [2.45, 2.75) is 32.1 Å². The molecule has 1 rings (SSSR count). The van der Waals surface area contributed by atoms with Crippen molar-refractivity contribution in [2.75, 3.05) is 0 Å². The van der Waals surface area contributed by atoms with Crippen LogP contribution >= 0.6 is 0 Å². The van der Waals surface area contributed by atoms with E-state index in [1.54, 1.807) is 0 Å². The van der Waals surface area contributed by atoms with E-state index >= 15 is 0 Å². The molecule has 1 aliphatic carbocycles. The monoisotopic (exact) mass is 125 g/mol. The van der Waals surface area contributed by atoms with E-state index < -0.39 is 0 Å². The summed E-state index contributed by atoms with van der Waals surface area (Å²) in [5.74, 6) is 0.701. The smallest absolute Gasteiger partial charge is 0.120 e. The van der Waals surface area contributed by atoms with Gasteiger partial charge in [0.25, 0.3) is 0 Å². The van der Waals surface area contributed by atoms with Crippen molar-refractivity contribution in [2.24, 2.45) is 5.92 Å². The van der Waals surface area contributed by atoms with Crippen LogP contribution in [0.5, 0.6) is 0 Å². The number of hydrogen-bond donors (Lipinski definition) is 0. The van der Waals surface area contributed by atoms with Gasteiger partial charge in [0.15, 0.2) is 0 Å². The summed E-state index contributed by atoms with van der Waals surface area (Å²) in [5, 5.41) is 0. The number of hydrogen-bond acceptors (Lipinski definition) is 1. The van der Waals surface area contributed by atoms with Gasteiger partial charge in [-0.2, -0.15) is 0 Å². The molecule has 0 aromatic carbocycles. The highest BCUT2D eigenvalue weighted by atomic mass is 16.1. The second kappa shape index (κ2) is 3.65. The van der Waals surface area contributed by atoms with Crippen molar-refractivity contribution in [3.05, 3.63) is 6.42 Å². The Labute approximate surface area is 56.4 Å². The fourth-order valence-corrected chi connectivity index (χ4v) is 1.37. The van der Waals surface area contributed by atoms with Gasteiger partial charge in [0.05, 0.1) is 0 Å². The fraction of sp³-hybridized carbons (Fsp3) is 0.750. The Balaban J connectivity index is 2.15. The third kappa shape index (κ3) is 2.17. The molecular formula is C8H13O. The summed E-state index contributed by atoms with van der Waals surface area (Å²) in [4.78, 5) is 10.1. The first kappa shape index (κ1) is 6.79. The van der Waals surface area contributed by atoms with Gasteiger partial charge in [0.2, 0.25) is 0 Å². The van der Waals surface area contributed by atoms with Crippen LogP contribution in [0, 0.1) is 12.3 Å². The first-order valence-electron chi connectivity index (χ1n) is 3.69. The highest BCUT2D eigenvalue weighted by molar-refractivity contribution is 5.49. The highest BCUT2D eigenvalue weighted by Crippen LogP contribution is 2.24. The molecule has 0 heterocycles. The molecule has 1 fully saturated rings. The minimum absolute atomic E-state index is 0.701. The summed E-state index contributed by atoms with van der Waals surface area (Å²) >= 11 is 0. The molecule has 9 heavy (non-hydrogen) atoms. The van der Waals surface area contributed by atoms with Gasteiger partial charge in [-0.25, -0.2) is 0 Å². The molecule has 0 N–H and O–H groups in total. The van der Waals surface area contributed by atoms with Gasteiger partial charge in [-0.1, -0.05) is 0 Å². The quantitative estimate of drug-likeness (QED) is 0.516. The summed E-state index contributed by atoms with van der Waals surface area (Å²) in [6.45, 7) is 0. The second-order valence-corrected chi connectivity index (χ2v) is 2.71. The predicted octanol–water partition coefficient (Wildman–Crippen LogP) is 1.97. The Hall–Kier alpha value is -0.330. The van der Waals surface area contributed by atoms with Crippen LogP contribution in [0.25, 0.3) is 0 Å². The predicted molar refractivity (Wildman–Crippen MR) is 36.9 cm³/mol. The minimum atomic E-state index is 0.701. The van der Waals surface area contributed by atoms with E-state index in [-0.39, 0.29) is 0 Å². The van der Waals surface area contributed by atoms with Gasteiger partial charge in [-0.05, 0) is 38.0 Å². The summed E-state index contributed by atoms with van der Waals surface area (Å²) in [6, 6.07) is 0. The van der Waals surface area contributed by atoms with Crippen molar-refractivity contribution in [3.63, 3.8) is 0 Å². The Morgan fingerprint density at radius 3 is 2.67 bits per heavy atom. The number of rotatable bonds is 2. The molecule has 1 saturated carbocycles. The highest BCUT2D eigenvalue weighted by Gasteiger charge is 2.11. The zero-order valence-corrected chi connectivity index (χ0v) is 5.68. The van der Waals surface area contributed by atoms with Gasteiger partial charge >= 0.3 is 0 Å². The average Bonchev–Trinajstić information content (AvgIpc) is 1.91. The molecule has 1 aliphatic rings. The first-order valence-corrected chi connectivity index (χ1v) is 3.69. The molecule has 0 unspecified atom stereocenters. The van der Waals surface area contributed by atoms with Crippen molar-refractivity contribution in [3.8, 4) is 0 Å². The maximum atomic E-state index is 10.1. The zero-order chi connectivity index (χ0) is 6.53.